The van der Waals surface area contributed by atoms with Gasteiger partial charge in [-0.1, -0.05) is 45.0 Å². The lowest BCUT2D eigenvalue weighted by Gasteiger charge is -2.26. The van der Waals surface area contributed by atoms with Gasteiger partial charge in [0.25, 0.3) is 0 Å². The van der Waals surface area contributed by atoms with Gasteiger partial charge in [0.1, 0.15) is 5.60 Å². The Morgan fingerprint density at radius 2 is 1.82 bits per heavy atom. The molecule has 4 nitrogen and oxygen atoms in total. The predicted octanol–water partition coefficient (Wildman–Crippen LogP) is 3.88. The molecule has 1 aromatic carbocycles. The van der Waals surface area contributed by atoms with E-state index in [-0.39, 0.29) is 12.0 Å². The van der Waals surface area contributed by atoms with E-state index < -0.39 is 17.8 Å². The molecule has 1 N–H and O–H groups in total. The van der Waals surface area contributed by atoms with E-state index in [0.29, 0.717) is 0 Å². The van der Waals surface area contributed by atoms with Crippen LogP contribution in [-0.4, -0.2) is 35.3 Å². The fourth-order valence-electron chi connectivity index (χ4n) is 1.99. The molecule has 1 unspecified atom stereocenters. The first kappa shape index (κ1) is 18.5. The summed E-state index contributed by atoms with van der Waals surface area (Å²) in [5.74, 6) is 0. The number of aliphatic hydroxyl groups excluding tert-OH is 1. The van der Waals surface area contributed by atoms with Gasteiger partial charge in [0, 0.05) is 7.05 Å². The molecule has 0 fully saturated rings. The number of aliphatic hydroxyl groups is 1. The van der Waals surface area contributed by atoms with Gasteiger partial charge in [-0.2, -0.15) is 0 Å². The maximum Gasteiger partial charge on any atom is 0.410 e. The summed E-state index contributed by atoms with van der Waals surface area (Å²) in [7, 11) is 1.63. The van der Waals surface area contributed by atoms with E-state index >= 15 is 0 Å². The van der Waals surface area contributed by atoms with Crippen LogP contribution in [0.5, 0.6) is 0 Å². The summed E-state index contributed by atoms with van der Waals surface area (Å²) < 4.78 is 5.29. The van der Waals surface area contributed by atoms with Gasteiger partial charge < -0.3 is 14.7 Å². The van der Waals surface area contributed by atoms with Crippen LogP contribution in [0.2, 0.25) is 0 Å². The molecule has 1 rings (SSSR count). The predicted molar refractivity (Wildman–Crippen MR) is 89.0 cm³/mol. The van der Waals surface area contributed by atoms with Crippen LogP contribution in [0.15, 0.2) is 24.3 Å². The van der Waals surface area contributed by atoms with Crippen molar-refractivity contribution in [2.45, 2.75) is 58.7 Å². The molecule has 124 valence electrons. The molecule has 0 aliphatic carbocycles. The highest BCUT2D eigenvalue weighted by Gasteiger charge is 2.22. The van der Waals surface area contributed by atoms with Crippen LogP contribution >= 0.6 is 0 Å². The first-order valence-corrected chi connectivity index (χ1v) is 7.63. The maximum absolute atomic E-state index is 11.9. The number of hydrogen-bond acceptors (Lipinski definition) is 3. The summed E-state index contributed by atoms with van der Waals surface area (Å²) in [5, 5.41) is 10.4. The van der Waals surface area contributed by atoms with Crippen LogP contribution in [0.1, 0.15) is 58.8 Å². The molecule has 0 saturated carbocycles. The summed E-state index contributed by atoms with van der Waals surface area (Å²) in [4.78, 5) is 13.3. The number of nitrogens with zero attached hydrogens (tertiary/aromatic N) is 1. The maximum atomic E-state index is 11.9. The van der Waals surface area contributed by atoms with Crippen molar-refractivity contribution in [1.29, 1.82) is 0 Å². The Hall–Kier alpha value is -1.55. The van der Waals surface area contributed by atoms with E-state index in [2.05, 4.69) is 20.8 Å². The number of hydrogen-bond donors (Lipinski definition) is 1. The number of rotatable bonds is 3. The fraction of sp³-hybridized carbons (Fsp3) is 0.611. The second-order valence-electron chi connectivity index (χ2n) is 7.75. The third-order valence-corrected chi connectivity index (χ3v) is 3.29. The van der Waals surface area contributed by atoms with Crippen LogP contribution in [-0.2, 0) is 10.2 Å². The number of benzene rings is 1. The SMILES string of the molecule is CN(CC(O)c1cccc(C(C)(C)C)c1)C(=O)OC(C)(C)C. The number of carbonyl (C=O) groups excluding carboxylic acids is 1. The van der Waals surface area contributed by atoms with E-state index in [1.165, 1.54) is 4.90 Å². The zero-order valence-corrected chi connectivity index (χ0v) is 14.8. The lowest BCUT2D eigenvalue weighted by Crippen LogP contribution is -2.36. The molecule has 0 heterocycles. The highest BCUT2D eigenvalue weighted by Crippen LogP contribution is 2.25. The third-order valence-electron chi connectivity index (χ3n) is 3.29. The highest BCUT2D eigenvalue weighted by atomic mass is 16.6. The normalized spacial score (nSPS) is 13.6. The van der Waals surface area contributed by atoms with Crippen molar-refractivity contribution in [2.75, 3.05) is 13.6 Å². The van der Waals surface area contributed by atoms with Crippen molar-refractivity contribution >= 4 is 6.09 Å². The molecule has 1 atom stereocenters. The second-order valence-corrected chi connectivity index (χ2v) is 7.75. The van der Waals surface area contributed by atoms with Crippen LogP contribution in [0.3, 0.4) is 0 Å². The third kappa shape index (κ3) is 5.68. The van der Waals surface area contributed by atoms with Crippen molar-refractivity contribution in [3.63, 3.8) is 0 Å². The van der Waals surface area contributed by atoms with Crippen molar-refractivity contribution in [3.8, 4) is 0 Å². The summed E-state index contributed by atoms with van der Waals surface area (Å²) in [5.41, 5.74) is 1.45. The summed E-state index contributed by atoms with van der Waals surface area (Å²) >= 11 is 0. The molecule has 0 radical (unpaired) electrons. The lowest BCUT2D eigenvalue weighted by atomic mass is 9.85. The molecule has 1 amide bonds. The summed E-state index contributed by atoms with van der Waals surface area (Å²) in [6, 6.07) is 7.86. The molecule has 4 heteroatoms. The van der Waals surface area contributed by atoms with Crippen LogP contribution in [0.4, 0.5) is 4.79 Å². The molecule has 0 saturated heterocycles. The van der Waals surface area contributed by atoms with Gasteiger partial charge >= 0.3 is 6.09 Å². The van der Waals surface area contributed by atoms with Crippen molar-refractivity contribution in [3.05, 3.63) is 35.4 Å². The van der Waals surface area contributed by atoms with Gasteiger partial charge in [0.05, 0.1) is 12.6 Å². The minimum absolute atomic E-state index is 0.0206. The molecule has 0 bridgehead atoms. The first-order valence-electron chi connectivity index (χ1n) is 7.63. The van der Waals surface area contributed by atoms with E-state index in [1.54, 1.807) is 7.05 Å². The lowest BCUT2D eigenvalue weighted by molar-refractivity contribution is 0.0205. The first-order chi connectivity index (χ1) is 9.90. The fourth-order valence-corrected chi connectivity index (χ4v) is 1.99. The Kier molecular flexibility index (Phi) is 5.63. The summed E-state index contributed by atoms with van der Waals surface area (Å²) in [6.07, 6.45) is -1.17. The van der Waals surface area contributed by atoms with Crippen LogP contribution in [0, 0.1) is 0 Å². The van der Waals surface area contributed by atoms with Crippen LogP contribution < -0.4 is 0 Å². The minimum Gasteiger partial charge on any atom is -0.444 e. The Bertz CT molecular complexity index is 512. The highest BCUT2D eigenvalue weighted by molar-refractivity contribution is 5.67. The average Bonchev–Trinajstić information content (AvgIpc) is 2.35. The van der Waals surface area contributed by atoms with E-state index in [1.807, 2.05) is 45.0 Å². The van der Waals surface area contributed by atoms with Crippen LogP contribution in [0.25, 0.3) is 0 Å². The molecule has 0 spiro atoms. The Morgan fingerprint density at radius 1 is 1.23 bits per heavy atom. The standard InChI is InChI=1S/C18H29NO3/c1-17(2,3)14-10-8-9-13(11-14)15(20)12-19(7)16(21)22-18(4,5)6/h8-11,15,20H,12H2,1-7H3. The Balaban J connectivity index is 2.77. The number of carbonyl (C=O) groups is 1. The number of likely N-dealkylation sites (N-methyl/N-ethyl adjacent to an activating group) is 1. The minimum atomic E-state index is -0.736. The zero-order valence-electron chi connectivity index (χ0n) is 14.8. The monoisotopic (exact) mass is 307 g/mol. The van der Waals surface area contributed by atoms with Gasteiger partial charge in [-0.15, -0.1) is 0 Å². The van der Waals surface area contributed by atoms with Gasteiger partial charge in [-0.05, 0) is 37.3 Å². The Morgan fingerprint density at radius 3 is 2.32 bits per heavy atom. The summed E-state index contributed by atoms with van der Waals surface area (Å²) in [6.45, 7) is 12.1. The van der Waals surface area contributed by atoms with E-state index in [9.17, 15) is 9.90 Å². The average molecular weight is 307 g/mol. The second kappa shape index (κ2) is 6.69. The van der Waals surface area contributed by atoms with Gasteiger partial charge in [-0.25, -0.2) is 4.79 Å². The number of amides is 1. The van der Waals surface area contributed by atoms with Crippen molar-refractivity contribution < 1.29 is 14.6 Å². The zero-order chi connectivity index (χ0) is 17.1. The smallest absolute Gasteiger partial charge is 0.410 e. The molecule has 22 heavy (non-hydrogen) atoms. The Labute approximate surface area is 134 Å². The largest absolute Gasteiger partial charge is 0.444 e. The number of ether oxygens (including phenoxy) is 1. The molecular formula is C18H29NO3. The van der Waals surface area contributed by atoms with Gasteiger partial charge in [0.15, 0.2) is 0 Å². The van der Waals surface area contributed by atoms with Crippen molar-refractivity contribution in [1.82, 2.24) is 4.90 Å². The molecule has 0 aliphatic heterocycles. The molecule has 0 aliphatic rings. The van der Waals surface area contributed by atoms with Gasteiger partial charge in [0.2, 0.25) is 0 Å². The van der Waals surface area contributed by atoms with E-state index in [4.69, 9.17) is 4.74 Å². The molecule has 0 aromatic heterocycles. The molecular weight excluding hydrogens is 278 g/mol. The topological polar surface area (TPSA) is 49.8 Å². The molecule has 1 aromatic rings. The quantitative estimate of drug-likeness (QED) is 0.922. The van der Waals surface area contributed by atoms with Crippen molar-refractivity contribution in [2.24, 2.45) is 0 Å². The van der Waals surface area contributed by atoms with E-state index in [0.717, 1.165) is 11.1 Å². The van der Waals surface area contributed by atoms with Gasteiger partial charge in [-0.3, -0.25) is 0 Å².